The summed E-state index contributed by atoms with van der Waals surface area (Å²) >= 11 is 2.61. The van der Waals surface area contributed by atoms with Crippen molar-refractivity contribution in [3.63, 3.8) is 0 Å². The van der Waals surface area contributed by atoms with Crippen molar-refractivity contribution in [1.29, 1.82) is 0 Å². The molecule has 0 spiro atoms. The van der Waals surface area contributed by atoms with Crippen LogP contribution in [0.2, 0.25) is 0 Å². The Balaban J connectivity index is 1.86. The van der Waals surface area contributed by atoms with Crippen LogP contribution in [0, 0.1) is 0 Å². The lowest BCUT2D eigenvalue weighted by Crippen LogP contribution is -2.41. The van der Waals surface area contributed by atoms with Gasteiger partial charge in [-0.1, -0.05) is 29.5 Å². The summed E-state index contributed by atoms with van der Waals surface area (Å²) in [5, 5.41) is 0. The summed E-state index contributed by atoms with van der Waals surface area (Å²) in [6, 6.07) is 0.516. The van der Waals surface area contributed by atoms with Crippen molar-refractivity contribution in [2.75, 3.05) is 26.2 Å². The number of nitrogens with zero attached hydrogens (tertiary/aromatic N) is 2. The van der Waals surface area contributed by atoms with Crippen molar-refractivity contribution in [2.45, 2.75) is 68.4 Å². The molecule has 4 nitrogen and oxygen atoms in total. The van der Waals surface area contributed by atoms with Gasteiger partial charge in [0.05, 0.1) is 0 Å². The van der Waals surface area contributed by atoms with Crippen LogP contribution in [-0.2, 0) is 4.74 Å². The third-order valence-corrected chi connectivity index (χ3v) is 5.47. The van der Waals surface area contributed by atoms with Gasteiger partial charge in [-0.3, -0.25) is 4.90 Å². The molecule has 0 aromatic heterocycles. The first-order valence-corrected chi connectivity index (χ1v) is 9.15. The molecule has 1 amide bonds. The zero-order valence-corrected chi connectivity index (χ0v) is 16.0. The standard InChI is InChI=1S/C16H29IN2O2/c1-15(2,3)21-14(20)19-10-6-13(12-19)18-9-5-7-16(4,17)8-11-18/h13H,5-12H2,1-4H3. The third-order valence-electron chi connectivity index (χ3n) is 4.40. The summed E-state index contributed by atoms with van der Waals surface area (Å²) in [7, 11) is 0. The van der Waals surface area contributed by atoms with Crippen molar-refractivity contribution in [3.05, 3.63) is 0 Å². The number of hydrogen-bond acceptors (Lipinski definition) is 3. The lowest BCUT2D eigenvalue weighted by molar-refractivity contribution is 0.0280. The molecule has 5 heteroatoms. The van der Waals surface area contributed by atoms with Crippen LogP contribution < -0.4 is 0 Å². The van der Waals surface area contributed by atoms with Crippen molar-refractivity contribution in [2.24, 2.45) is 0 Å². The normalized spacial score (nSPS) is 32.0. The minimum atomic E-state index is -0.402. The maximum atomic E-state index is 12.1. The van der Waals surface area contributed by atoms with E-state index in [0.717, 1.165) is 26.1 Å². The summed E-state index contributed by atoms with van der Waals surface area (Å²) in [5.41, 5.74) is -0.402. The van der Waals surface area contributed by atoms with Gasteiger partial charge < -0.3 is 9.64 Å². The zero-order chi connectivity index (χ0) is 15.7. The number of carbonyl (C=O) groups excluding carboxylic acids is 1. The third kappa shape index (κ3) is 5.27. The van der Waals surface area contributed by atoms with Gasteiger partial charge in [0, 0.05) is 22.6 Å². The van der Waals surface area contributed by atoms with Gasteiger partial charge in [0.15, 0.2) is 0 Å². The molecule has 2 saturated heterocycles. The zero-order valence-electron chi connectivity index (χ0n) is 13.8. The van der Waals surface area contributed by atoms with Crippen LogP contribution in [0.4, 0.5) is 4.79 Å². The van der Waals surface area contributed by atoms with Crippen LogP contribution in [0.25, 0.3) is 0 Å². The van der Waals surface area contributed by atoms with E-state index in [4.69, 9.17) is 4.74 Å². The van der Waals surface area contributed by atoms with Crippen molar-refractivity contribution >= 4 is 28.7 Å². The summed E-state index contributed by atoms with van der Waals surface area (Å²) in [6.45, 7) is 12.1. The lowest BCUT2D eigenvalue weighted by atomic mass is 10.0. The topological polar surface area (TPSA) is 32.8 Å². The van der Waals surface area contributed by atoms with Gasteiger partial charge in [-0.05, 0) is 59.5 Å². The van der Waals surface area contributed by atoms with Crippen molar-refractivity contribution in [3.8, 4) is 0 Å². The minimum absolute atomic E-state index is 0.154. The first kappa shape index (κ1) is 17.3. The first-order valence-electron chi connectivity index (χ1n) is 8.07. The fraction of sp³-hybridized carbons (Fsp3) is 0.938. The van der Waals surface area contributed by atoms with E-state index in [1.54, 1.807) is 0 Å². The van der Waals surface area contributed by atoms with Gasteiger partial charge in [-0.25, -0.2) is 4.79 Å². The van der Waals surface area contributed by atoms with Gasteiger partial charge in [-0.2, -0.15) is 0 Å². The summed E-state index contributed by atoms with van der Waals surface area (Å²) in [4.78, 5) is 16.6. The number of hydrogen-bond donors (Lipinski definition) is 0. The lowest BCUT2D eigenvalue weighted by Gasteiger charge is -2.29. The molecule has 122 valence electrons. The molecule has 2 aliphatic rings. The van der Waals surface area contributed by atoms with E-state index in [0.29, 0.717) is 9.46 Å². The highest BCUT2D eigenvalue weighted by atomic mass is 127. The van der Waals surface area contributed by atoms with E-state index in [1.807, 2.05) is 25.7 Å². The van der Waals surface area contributed by atoms with E-state index in [9.17, 15) is 4.79 Å². The van der Waals surface area contributed by atoms with Crippen molar-refractivity contribution in [1.82, 2.24) is 9.80 Å². The Morgan fingerprint density at radius 3 is 2.62 bits per heavy atom. The first-order chi connectivity index (χ1) is 9.66. The van der Waals surface area contributed by atoms with E-state index in [1.165, 1.54) is 25.8 Å². The molecule has 0 N–H and O–H groups in total. The molecule has 2 rings (SSSR count). The number of rotatable bonds is 1. The molecular weight excluding hydrogens is 379 g/mol. The molecule has 2 fully saturated rings. The van der Waals surface area contributed by atoms with Gasteiger partial charge in [0.25, 0.3) is 0 Å². The number of halogens is 1. The molecule has 0 aliphatic carbocycles. The Hall–Kier alpha value is -0.0400. The average molecular weight is 408 g/mol. The summed E-state index contributed by atoms with van der Waals surface area (Å²) in [6.07, 6.45) is 4.74. The molecule has 0 saturated carbocycles. The molecule has 2 unspecified atom stereocenters. The van der Waals surface area contributed by atoms with Crippen LogP contribution in [0.3, 0.4) is 0 Å². The fourth-order valence-electron chi connectivity index (χ4n) is 3.16. The Morgan fingerprint density at radius 1 is 1.24 bits per heavy atom. The molecule has 2 heterocycles. The highest BCUT2D eigenvalue weighted by Gasteiger charge is 2.34. The highest BCUT2D eigenvalue weighted by molar-refractivity contribution is 14.1. The van der Waals surface area contributed by atoms with E-state index in [-0.39, 0.29) is 6.09 Å². The minimum Gasteiger partial charge on any atom is -0.444 e. The van der Waals surface area contributed by atoms with Crippen LogP contribution in [0.15, 0.2) is 0 Å². The van der Waals surface area contributed by atoms with Gasteiger partial charge >= 0.3 is 6.09 Å². The number of carbonyl (C=O) groups is 1. The predicted molar refractivity (Wildman–Crippen MR) is 94.1 cm³/mol. The summed E-state index contributed by atoms with van der Waals surface area (Å²) in [5.74, 6) is 0. The number of ether oxygens (including phenoxy) is 1. The quantitative estimate of drug-likeness (QED) is 0.490. The maximum absolute atomic E-state index is 12.1. The molecule has 0 radical (unpaired) electrons. The number of likely N-dealkylation sites (tertiary alicyclic amines) is 2. The summed E-state index contributed by atoms with van der Waals surface area (Å²) < 4.78 is 5.92. The van der Waals surface area contributed by atoms with Crippen LogP contribution in [-0.4, -0.2) is 57.1 Å². The Labute approximate surface area is 142 Å². The average Bonchev–Trinajstić information content (AvgIpc) is 2.74. The Morgan fingerprint density at radius 2 is 1.95 bits per heavy atom. The Kier molecular flexibility index (Phi) is 5.45. The highest BCUT2D eigenvalue weighted by Crippen LogP contribution is 2.32. The fourth-order valence-corrected chi connectivity index (χ4v) is 3.78. The van der Waals surface area contributed by atoms with E-state index < -0.39 is 5.60 Å². The molecule has 0 aromatic rings. The molecular formula is C16H29IN2O2. The van der Waals surface area contributed by atoms with Crippen molar-refractivity contribution < 1.29 is 9.53 Å². The monoisotopic (exact) mass is 408 g/mol. The second-order valence-electron chi connectivity index (χ2n) is 7.67. The Bertz CT molecular complexity index is 379. The smallest absolute Gasteiger partial charge is 0.410 e. The van der Waals surface area contributed by atoms with Gasteiger partial charge in [0.1, 0.15) is 5.60 Å². The van der Waals surface area contributed by atoms with Crippen LogP contribution in [0.5, 0.6) is 0 Å². The molecule has 0 aromatic carbocycles. The molecule has 2 aliphatic heterocycles. The number of amides is 1. The second-order valence-corrected chi connectivity index (χ2v) is 10.3. The molecule has 2 atom stereocenters. The van der Waals surface area contributed by atoms with Gasteiger partial charge in [-0.15, -0.1) is 0 Å². The van der Waals surface area contributed by atoms with E-state index in [2.05, 4.69) is 34.4 Å². The SMILES string of the molecule is CC1(I)CCCN(C2CCN(C(=O)OC(C)(C)C)C2)CC1. The second kappa shape index (κ2) is 6.60. The maximum Gasteiger partial charge on any atom is 0.410 e. The van der Waals surface area contributed by atoms with Crippen LogP contribution >= 0.6 is 22.6 Å². The largest absolute Gasteiger partial charge is 0.444 e. The molecule has 21 heavy (non-hydrogen) atoms. The number of alkyl halides is 1. The molecule has 0 bridgehead atoms. The van der Waals surface area contributed by atoms with E-state index >= 15 is 0 Å². The predicted octanol–water partition coefficient (Wildman–Crippen LogP) is 3.68. The van der Waals surface area contributed by atoms with Gasteiger partial charge in [0.2, 0.25) is 0 Å². The van der Waals surface area contributed by atoms with Crippen LogP contribution in [0.1, 0.15) is 53.4 Å².